The molecule has 2 N–H and O–H groups in total. The Balaban J connectivity index is 1.20. The van der Waals surface area contributed by atoms with E-state index in [9.17, 15) is 14.7 Å². The molecule has 9 atom stereocenters. The minimum atomic E-state index is -0.874. The van der Waals surface area contributed by atoms with E-state index in [4.69, 9.17) is 0 Å². The summed E-state index contributed by atoms with van der Waals surface area (Å²) in [6, 6.07) is 13.4. The molecule has 5 heteroatoms. The molecule has 0 saturated heterocycles. The number of carbonyl (C=O) groups is 2. The highest BCUT2D eigenvalue weighted by Crippen LogP contribution is 2.76. The zero-order valence-electron chi connectivity index (χ0n) is 30.1. The number of carbonyl (C=O) groups excluding carboxylic acids is 1. The van der Waals surface area contributed by atoms with Crippen LogP contribution in [-0.2, 0) is 11.2 Å². The van der Waals surface area contributed by atoms with E-state index in [-0.39, 0.29) is 33.1 Å². The average Bonchev–Trinajstić information content (AvgIpc) is 3.41. The van der Waals surface area contributed by atoms with E-state index in [1.807, 2.05) is 30.3 Å². The SMILES string of the molecule is C=C(C)[C@@H]1CC[C@]2(NC(=O)Cc3ccccn3)CC[C@]3(C)[C@H](CCC4[C@@]5(C)CC=C(c6ccc(C(=O)O)cc6)C(C)(C)C5CC[C@]43C)C12. The number of hydrogen-bond donors (Lipinski definition) is 2. The van der Waals surface area contributed by atoms with Crippen LogP contribution in [0.25, 0.3) is 5.57 Å². The second kappa shape index (κ2) is 11.4. The van der Waals surface area contributed by atoms with Gasteiger partial charge >= 0.3 is 5.97 Å². The Morgan fingerprint density at radius 2 is 1.65 bits per heavy atom. The monoisotopic (exact) mass is 648 g/mol. The van der Waals surface area contributed by atoms with Crippen LogP contribution in [-0.4, -0.2) is 27.5 Å². The summed E-state index contributed by atoms with van der Waals surface area (Å²) < 4.78 is 0. The summed E-state index contributed by atoms with van der Waals surface area (Å²) in [5, 5.41) is 13.2. The van der Waals surface area contributed by atoms with Crippen LogP contribution < -0.4 is 5.32 Å². The van der Waals surface area contributed by atoms with E-state index in [1.165, 1.54) is 36.8 Å². The Hall–Kier alpha value is -3.21. The quantitative estimate of drug-likeness (QED) is 0.306. The highest BCUT2D eigenvalue weighted by molar-refractivity contribution is 5.88. The van der Waals surface area contributed by atoms with Gasteiger partial charge in [0.2, 0.25) is 5.91 Å². The van der Waals surface area contributed by atoms with Gasteiger partial charge in [0.25, 0.3) is 0 Å². The Morgan fingerprint density at radius 1 is 0.896 bits per heavy atom. The molecular formula is C43H56N2O3. The molecule has 1 aromatic carbocycles. The van der Waals surface area contributed by atoms with Gasteiger partial charge < -0.3 is 10.4 Å². The van der Waals surface area contributed by atoms with Gasteiger partial charge in [-0.3, -0.25) is 9.78 Å². The molecule has 1 amide bonds. The van der Waals surface area contributed by atoms with Gasteiger partial charge in [-0.1, -0.05) is 71.0 Å². The molecule has 1 heterocycles. The third-order valence-corrected chi connectivity index (χ3v) is 15.5. The van der Waals surface area contributed by atoms with Crippen molar-refractivity contribution in [2.75, 3.05) is 0 Å². The predicted molar refractivity (Wildman–Crippen MR) is 192 cm³/mol. The summed E-state index contributed by atoms with van der Waals surface area (Å²) >= 11 is 0. The van der Waals surface area contributed by atoms with Gasteiger partial charge in [-0.15, -0.1) is 0 Å². The van der Waals surface area contributed by atoms with Crippen LogP contribution in [0.2, 0.25) is 0 Å². The number of nitrogens with one attached hydrogen (secondary N) is 1. The first-order valence-corrected chi connectivity index (χ1v) is 18.6. The van der Waals surface area contributed by atoms with Crippen LogP contribution in [0.3, 0.4) is 0 Å². The lowest BCUT2D eigenvalue weighted by atomic mass is 9.33. The van der Waals surface area contributed by atoms with Crippen molar-refractivity contribution in [3.63, 3.8) is 0 Å². The normalized spacial score (nSPS) is 39.5. The fourth-order valence-corrected chi connectivity index (χ4v) is 13.2. The summed E-state index contributed by atoms with van der Waals surface area (Å²) in [7, 11) is 0. The number of fused-ring (bicyclic) bond motifs is 7. The number of allylic oxidation sites excluding steroid dienone is 3. The second-order valence-corrected chi connectivity index (χ2v) is 17.8. The fraction of sp³-hybridized carbons (Fsp3) is 0.605. The largest absolute Gasteiger partial charge is 0.478 e. The highest BCUT2D eigenvalue weighted by atomic mass is 16.4. The Morgan fingerprint density at radius 3 is 2.31 bits per heavy atom. The lowest BCUT2D eigenvalue weighted by Crippen LogP contribution is -2.68. The smallest absolute Gasteiger partial charge is 0.335 e. The molecule has 4 saturated carbocycles. The molecule has 0 bridgehead atoms. The van der Waals surface area contributed by atoms with E-state index in [1.54, 1.807) is 18.3 Å². The summed E-state index contributed by atoms with van der Waals surface area (Å²) in [5.41, 5.74) is 5.46. The standard InChI is InChI=1S/C43H56N2O3/c1-27(2)31-17-22-43(45-36(46)26-30-10-8-9-25-44-30)24-23-41(6)33(37(31)43)15-16-35-40(5)20-18-32(28-11-13-29(14-12-28)38(47)48)39(3,4)34(40)19-21-42(35,41)7/h8-14,18,25,31,33-35,37H,1,15-17,19-24,26H2,2-7H3,(H,45,46)(H,47,48)/t31-,33+,34?,35?,37?,40-,41+,42+,43-/m0/s1. The van der Waals surface area contributed by atoms with Crippen molar-refractivity contribution in [2.45, 2.75) is 111 Å². The van der Waals surface area contributed by atoms with Crippen molar-refractivity contribution < 1.29 is 14.7 Å². The summed E-state index contributed by atoms with van der Waals surface area (Å²) in [4.78, 5) is 29.6. The molecule has 48 heavy (non-hydrogen) atoms. The molecule has 0 aliphatic heterocycles. The molecular weight excluding hydrogens is 592 g/mol. The summed E-state index contributed by atoms with van der Waals surface area (Å²) in [6.45, 7) is 19.6. The summed E-state index contributed by atoms with van der Waals surface area (Å²) in [6.07, 6.45) is 15.0. The molecule has 0 radical (unpaired) electrons. The third kappa shape index (κ3) is 4.80. The molecule has 5 aliphatic rings. The van der Waals surface area contributed by atoms with Crippen molar-refractivity contribution in [1.82, 2.24) is 10.3 Å². The molecule has 3 unspecified atom stereocenters. The number of carboxylic acids is 1. The lowest BCUT2D eigenvalue weighted by molar-refractivity contribution is -0.219. The maximum absolute atomic E-state index is 13.7. The highest BCUT2D eigenvalue weighted by Gasteiger charge is 2.70. The van der Waals surface area contributed by atoms with Crippen LogP contribution in [0.4, 0.5) is 0 Å². The Kier molecular flexibility index (Phi) is 7.92. The van der Waals surface area contributed by atoms with Crippen LogP contribution in [0, 0.1) is 51.2 Å². The molecule has 0 spiro atoms. The van der Waals surface area contributed by atoms with Crippen molar-refractivity contribution in [1.29, 1.82) is 0 Å². The van der Waals surface area contributed by atoms with E-state index in [2.05, 4.69) is 64.5 Å². The summed E-state index contributed by atoms with van der Waals surface area (Å²) in [5.74, 6) is 1.86. The minimum absolute atomic E-state index is 0.00701. The van der Waals surface area contributed by atoms with Crippen LogP contribution in [0.5, 0.6) is 0 Å². The number of pyridine rings is 1. The van der Waals surface area contributed by atoms with Gasteiger partial charge in [-0.05, 0) is 151 Å². The number of aromatic nitrogens is 1. The topological polar surface area (TPSA) is 79.3 Å². The first-order chi connectivity index (χ1) is 22.7. The molecule has 5 nitrogen and oxygen atoms in total. The van der Waals surface area contributed by atoms with Crippen LogP contribution in [0.1, 0.15) is 121 Å². The van der Waals surface area contributed by atoms with E-state index >= 15 is 0 Å². The van der Waals surface area contributed by atoms with Crippen molar-refractivity contribution in [3.05, 3.63) is 83.7 Å². The molecule has 5 aliphatic carbocycles. The molecule has 2 aromatic rings. The third-order valence-electron chi connectivity index (χ3n) is 15.5. The van der Waals surface area contributed by atoms with E-state index < -0.39 is 5.97 Å². The lowest BCUT2D eigenvalue weighted by Gasteiger charge is -2.72. The number of aromatic carboxylic acids is 1. The van der Waals surface area contributed by atoms with E-state index in [0.717, 1.165) is 43.4 Å². The molecule has 256 valence electrons. The van der Waals surface area contributed by atoms with Crippen molar-refractivity contribution in [2.24, 2.45) is 51.2 Å². The van der Waals surface area contributed by atoms with Crippen LogP contribution >= 0.6 is 0 Å². The number of hydrogen-bond acceptors (Lipinski definition) is 3. The number of carboxylic acid groups (broad SMARTS) is 1. The fourth-order valence-electron chi connectivity index (χ4n) is 13.2. The predicted octanol–water partition coefficient (Wildman–Crippen LogP) is 9.54. The molecule has 7 rings (SSSR count). The van der Waals surface area contributed by atoms with Gasteiger partial charge in [0, 0.05) is 17.4 Å². The number of rotatable bonds is 6. The first-order valence-electron chi connectivity index (χ1n) is 18.6. The maximum Gasteiger partial charge on any atom is 0.335 e. The maximum atomic E-state index is 13.7. The van der Waals surface area contributed by atoms with Gasteiger partial charge in [-0.25, -0.2) is 4.79 Å². The second-order valence-electron chi connectivity index (χ2n) is 17.8. The van der Waals surface area contributed by atoms with Crippen LogP contribution in [0.15, 0.2) is 66.9 Å². The zero-order valence-corrected chi connectivity index (χ0v) is 30.1. The van der Waals surface area contributed by atoms with E-state index in [0.29, 0.717) is 41.6 Å². The van der Waals surface area contributed by atoms with Gasteiger partial charge in [0.1, 0.15) is 0 Å². The Bertz CT molecular complexity index is 1640. The van der Waals surface area contributed by atoms with Gasteiger partial charge in [0.15, 0.2) is 0 Å². The average molecular weight is 649 g/mol. The first kappa shape index (κ1) is 33.3. The number of amides is 1. The number of nitrogens with zero attached hydrogens (tertiary/aromatic N) is 1. The molecule has 1 aromatic heterocycles. The van der Waals surface area contributed by atoms with Gasteiger partial charge in [-0.2, -0.15) is 0 Å². The molecule has 4 fully saturated rings. The van der Waals surface area contributed by atoms with Crippen molar-refractivity contribution >= 4 is 17.4 Å². The zero-order chi connectivity index (χ0) is 34.3. The minimum Gasteiger partial charge on any atom is -0.478 e. The van der Waals surface area contributed by atoms with Gasteiger partial charge in [0.05, 0.1) is 12.0 Å². The Labute approximate surface area is 288 Å². The van der Waals surface area contributed by atoms with Crippen molar-refractivity contribution in [3.8, 4) is 0 Å². The number of benzene rings is 1.